The summed E-state index contributed by atoms with van der Waals surface area (Å²) < 4.78 is 25.7. The van der Waals surface area contributed by atoms with Gasteiger partial charge in [-0.25, -0.2) is 13.8 Å². The largest absolute Gasteiger partial charge is 0.368 e. The summed E-state index contributed by atoms with van der Waals surface area (Å²) in [6.45, 7) is 1.78. The molecule has 3 N–H and O–H groups in total. The summed E-state index contributed by atoms with van der Waals surface area (Å²) in [5.41, 5.74) is 6.59. The van der Waals surface area contributed by atoms with Crippen molar-refractivity contribution >= 4 is 17.5 Å². The van der Waals surface area contributed by atoms with Gasteiger partial charge in [0, 0.05) is 23.5 Å². The van der Waals surface area contributed by atoms with Crippen molar-refractivity contribution in [2.45, 2.75) is 6.92 Å². The molecule has 2 aromatic rings. The van der Waals surface area contributed by atoms with Gasteiger partial charge >= 0.3 is 0 Å². The molecule has 2 rings (SSSR count). The molecule has 4 nitrogen and oxygen atoms in total. The highest BCUT2D eigenvalue weighted by Gasteiger charge is 2.05. The molecule has 0 atom stereocenters. The maximum atomic E-state index is 13.0. The van der Waals surface area contributed by atoms with Crippen LogP contribution in [-0.2, 0) is 0 Å². The number of benzene rings is 1. The molecule has 0 unspecified atom stereocenters. The van der Waals surface area contributed by atoms with Crippen molar-refractivity contribution in [3.8, 4) is 0 Å². The van der Waals surface area contributed by atoms with Gasteiger partial charge in [0.15, 0.2) is 11.6 Å². The van der Waals surface area contributed by atoms with Crippen LogP contribution in [0.3, 0.4) is 0 Å². The molecule has 0 aliphatic rings. The molecule has 0 fully saturated rings. The fourth-order valence-corrected chi connectivity index (χ4v) is 1.29. The highest BCUT2D eigenvalue weighted by molar-refractivity contribution is 5.59. The quantitative estimate of drug-likeness (QED) is 0.840. The summed E-state index contributed by atoms with van der Waals surface area (Å²) in [7, 11) is 0. The van der Waals surface area contributed by atoms with Gasteiger partial charge in [-0.15, -0.1) is 0 Å². The van der Waals surface area contributed by atoms with Crippen LogP contribution in [0, 0.1) is 18.6 Å². The van der Waals surface area contributed by atoms with E-state index in [-0.39, 0.29) is 5.95 Å². The first-order valence-corrected chi connectivity index (χ1v) is 4.87. The average Bonchev–Trinajstić information content (AvgIpc) is 2.29. The van der Waals surface area contributed by atoms with Crippen LogP contribution in [0.1, 0.15) is 5.56 Å². The molecule has 1 aromatic heterocycles. The molecule has 0 radical (unpaired) electrons. The van der Waals surface area contributed by atoms with E-state index in [1.54, 1.807) is 13.1 Å². The molecule has 0 amide bonds. The van der Waals surface area contributed by atoms with E-state index in [2.05, 4.69) is 15.3 Å². The molecule has 0 bridgehead atoms. The number of nitrogens with one attached hydrogen (secondary N) is 1. The van der Waals surface area contributed by atoms with E-state index in [4.69, 9.17) is 5.73 Å². The Morgan fingerprint density at radius 1 is 1.24 bits per heavy atom. The monoisotopic (exact) mass is 236 g/mol. The summed E-state index contributed by atoms with van der Waals surface area (Å²) in [4.78, 5) is 7.76. The van der Waals surface area contributed by atoms with Gasteiger partial charge in [-0.05, 0) is 19.1 Å². The van der Waals surface area contributed by atoms with E-state index < -0.39 is 11.6 Å². The maximum Gasteiger partial charge on any atom is 0.221 e. The van der Waals surface area contributed by atoms with Gasteiger partial charge < -0.3 is 11.1 Å². The molecule has 6 heteroatoms. The molecule has 0 aliphatic carbocycles. The van der Waals surface area contributed by atoms with Crippen molar-refractivity contribution in [3.63, 3.8) is 0 Å². The number of aromatic nitrogens is 2. The summed E-state index contributed by atoms with van der Waals surface area (Å²) in [5, 5.41) is 2.84. The van der Waals surface area contributed by atoms with Crippen LogP contribution in [-0.4, -0.2) is 9.97 Å². The highest BCUT2D eigenvalue weighted by atomic mass is 19.2. The van der Waals surface area contributed by atoms with Crippen molar-refractivity contribution in [2.75, 3.05) is 11.1 Å². The van der Waals surface area contributed by atoms with Gasteiger partial charge in [0.2, 0.25) is 5.95 Å². The number of aryl methyl sites for hydroxylation is 1. The minimum atomic E-state index is -0.922. The Kier molecular flexibility index (Phi) is 2.86. The van der Waals surface area contributed by atoms with E-state index in [9.17, 15) is 8.78 Å². The fraction of sp³-hybridized carbons (Fsp3) is 0.0909. The number of rotatable bonds is 2. The Morgan fingerprint density at radius 2 is 2.00 bits per heavy atom. The molecule has 0 saturated heterocycles. The maximum absolute atomic E-state index is 13.0. The molecular formula is C11H10F2N4. The molecule has 0 spiro atoms. The second-order valence-corrected chi connectivity index (χ2v) is 3.51. The summed E-state index contributed by atoms with van der Waals surface area (Å²) >= 11 is 0. The number of hydrogen-bond acceptors (Lipinski definition) is 4. The lowest BCUT2D eigenvalue weighted by Crippen LogP contribution is -2.02. The summed E-state index contributed by atoms with van der Waals surface area (Å²) in [6, 6.07) is 3.50. The molecule has 1 aromatic carbocycles. The SMILES string of the molecule is Cc1cnc(N)nc1Nc1ccc(F)c(F)c1. The lowest BCUT2D eigenvalue weighted by molar-refractivity contribution is 0.509. The summed E-state index contributed by atoms with van der Waals surface area (Å²) in [5.74, 6) is -1.24. The van der Waals surface area contributed by atoms with Crippen LogP contribution in [0.2, 0.25) is 0 Å². The van der Waals surface area contributed by atoms with Crippen LogP contribution in [0.25, 0.3) is 0 Å². The predicted molar refractivity (Wildman–Crippen MR) is 60.8 cm³/mol. The Hall–Kier alpha value is -2.24. The molecule has 88 valence electrons. The zero-order valence-electron chi connectivity index (χ0n) is 9.04. The first-order chi connectivity index (χ1) is 8.06. The number of halogens is 2. The predicted octanol–water partition coefficient (Wildman–Crippen LogP) is 2.39. The van der Waals surface area contributed by atoms with Gasteiger partial charge in [0.25, 0.3) is 0 Å². The van der Waals surface area contributed by atoms with Crippen molar-refractivity contribution < 1.29 is 8.78 Å². The zero-order chi connectivity index (χ0) is 12.4. The molecule has 0 saturated carbocycles. The Morgan fingerprint density at radius 3 is 2.71 bits per heavy atom. The van der Waals surface area contributed by atoms with Gasteiger partial charge in [-0.2, -0.15) is 4.98 Å². The minimum absolute atomic E-state index is 0.112. The minimum Gasteiger partial charge on any atom is -0.368 e. The van der Waals surface area contributed by atoms with Crippen LogP contribution >= 0.6 is 0 Å². The van der Waals surface area contributed by atoms with E-state index >= 15 is 0 Å². The van der Waals surface area contributed by atoms with Crippen molar-refractivity contribution in [1.29, 1.82) is 0 Å². The lowest BCUT2D eigenvalue weighted by Gasteiger charge is -2.08. The fourth-order valence-electron chi connectivity index (χ4n) is 1.29. The second-order valence-electron chi connectivity index (χ2n) is 3.51. The van der Waals surface area contributed by atoms with Gasteiger partial charge in [0.1, 0.15) is 5.82 Å². The molecule has 17 heavy (non-hydrogen) atoms. The first-order valence-electron chi connectivity index (χ1n) is 4.87. The Bertz CT molecular complexity index is 557. The topological polar surface area (TPSA) is 63.8 Å². The Balaban J connectivity index is 2.31. The number of anilines is 3. The Labute approximate surface area is 96.5 Å². The smallest absolute Gasteiger partial charge is 0.221 e. The third kappa shape index (κ3) is 2.47. The van der Waals surface area contributed by atoms with Crippen molar-refractivity contribution in [2.24, 2.45) is 0 Å². The van der Waals surface area contributed by atoms with Crippen LogP contribution in [0.4, 0.5) is 26.2 Å². The van der Waals surface area contributed by atoms with E-state index in [1.165, 1.54) is 6.07 Å². The number of nitrogen functional groups attached to an aromatic ring is 1. The third-order valence-electron chi connectivity index (χ3n) is 2.17. The number of nitrogens with zero attached hydrogens (tertiary/aromatic N) is 2. The average molecular weight is 236 g/mol. The molecule has 0 aliphatic heterocycles. The van der Waals surface area contributed by atoms with Crippen molar-refractivity contribution in [1.82, 2.24) is 9.97 Å². The zero-order valence-corrected chi connectivity index (χ0v) is 9.04. The molecule has 1 heterocycles. The normalized spacial score (nSPS) is 10.3. The summed E-state index contributed by atoms with van der Waals surface area (Å²) in [6.07, 6.45) is 1.55. The number of hydrogen-bond donors (Lipinski definition) is 2. The van der Waals surface area contributed by atoms with Crippen LogP contribution in [0.5, 0.6) is 0 Å². The van der Waals surface area contributed by atoms with E-state index in [0.29, 0.717) is 11.5 Å². The van der Waals surface area contributed by atoms with Gasteiger partial charge in [0.05, 0.1) is 0 Å². The number of nitrogens with two attached hydrogens (primary N) is 1. The first kappa shape index (κ1) is 11.3. The van der Waals surface area contributed by atoms with Crippen LogP contribution in [0.15, 0.2) is 24.4 Å². The standard InChI is InChI=1S/C11H10F2N4/c1-6-5-15-11(14)17-10(6)16-7-2-3-8(12)9(13)4-7/h2-5H,1H3,(H3,14,15,16,17). The second kappa shape index (κ2) is 4.32. The lowest BCUT2D eigenvalue weighted by atomic mass is 10.3. The van der Waals surface area contributed by atoms with Crippen molar-refractivity contribution in [3.05, 3.63) is 41.6 Å². The van der Waals surface area contributed by atoms with E-state index in [0.717, 1.165) is 17.7 Å². The third-order valence-corrected chi connectivity index (χ3v) is 2.17. The highest BCUT2D eigenvalue weighted by Crippen LogP contribution is 2.20. The van der Waals surface area contributed by atoms with Gasteiger partial charge in [-0.3, -0.25) is 0 Å². The van der Waals surface area contributed by atoms with Crippen LogP contribution < -0.4 is 11.1 Å². The molecular weight excluding hydrogens is 226 g/mol. The van der Waals surface area contributed by atoms with E-state index in [1.807, 2.05) is 0 Å². The van der Waals surface area contributed by atoms with Gasteiger partial charge in [-0.1, -0.05) is 0 Å².